The van der Waals surface area contributed by atoms with Gasteiger partial charge in [0.1, 0.15) is 11.5 Å². The standard InChI is InChI=1S/C17H21N5O2.2ClH/c18-11-1-2-16(23)21-12-3-7-14(8-4-12)24-15-9-5-13(6-10-15)22-17(19)20;;/h3-10H,1-2,11,18H2,(H,21,23)(H4,19,20,22);2*1H. The van der Waals surface area contributed by atoms with E-state index in [-0.39, 0.29) is 36.7 Å². The smallest absolute Gasteiger partial charge is 0.224 e. The van der Waals surface area contributed by atoms with E-state index in [4.69, 9.17) is 21.9 Å². The summed E-state index contributed by atoms with van der Waals surface area (Å²) in [5.74, 6) is 1.27. The average molecular weight is 400 g/mol. The Hall–Kier alpha value is -2.48. The number of carbonyl (C=O) groups excluding carboxylic acids is 1. The molecule has 0 aliphatic carbocycles. The van der Waals surface area contributed by atoms with Crippen LogP contribution in [-0.2, 0) is 4.79 Å². The molecule has 0 aliphatic rings. The highest BCUT2D eigenvalue weighted by molar-refractivity contribution is 5.90. The Morgan fingerprint density at radius 2 is 1.50 bits per heavy atom. The summed E-state index contributed by atoms with van der Waals surface area (Å²) in [6.07, 6.45) is 1.08. The van der Waals surface area contributed by atoms with E-state index in [0.717, 1.165) is 0 Å². The van der Waals surface area contributed by atoms with E-state index < -0.39 is 0 Å². The molecule has 0 aromatic heterocycles. The molecule has 1 amide bonds. The second kappa shape index (κ2) is 12.0. The fourth-order valence-corrected chi connectivity index (χ4v) is 1.97. The Bertz CT molecular complexity index is 702. The maximum atomic E-state index is 11.6. The first-order valence-corrected chi connectivity index (χ1v) is 7.54. The molecule has 0 heterocycles. The third-order valence-electron chi connectivity index (χ3n) is 3.08. The predicted molar refractivity (Wildman–Crippen MR) is 110 cm³/mol. The summed E-state index contributed by atoms with van der Waals surface area (Å²) in [7, 11) is 0. The minimum Gasteiger partial charge on any atom is -0.457 e. The quantitative estimate of drug-likeness (QED) is 0.420. The van der Waals surface area contributed by atoms with Gasteiger partial charge in [-0.1, -0.05) is 0 Å². The van der Waals surface area contributed by atoms with Crippen molar-refractivity contribution in [3.05, 3.63) is 48.5 Å². The van der Waals surface area contributed by atoms with Crippen LogP contribution < -0.4 is 27.3 Å². The van der Waals surface area contributed by atoms with Crippen molar-refractivity contribution in [2.75, 3.05) is 11.9 Å². The lowest BCUT2D eigenvalue weighted by Crippen LogP contribution is -2.21. The predicted octanol–water partition coefficient (Wildman–Crippen LogP) is 2.90. The van der Waals surface area contributed by atoms with Crippen molar-refractivity contribution in [3.8, 4) is 11.5 Å². The lowest BCUT2D eigenvalue weighted by molar-refractivity contribution is -0.116. The van der Waals surface area contributed by atoms with Crippen LogP contribution in [0.4, 0.5) is 11.4 Å². The molecule has 0 aliphatic heterocycles. The monoisotopic (exact) mass is 399 g/mol. The Balaban J connectivity index is 0.00000312. The lowest BCUT2D eigenvalue weighted by atomic mass is 10.2. The van der Waals surface area contributed by atoms with Gasteiger partial charge in [0.25, 0.3) is 0 Å². The van der Waals surface area contributed by atoms with Crippen molar-refractivity contribution < 1.29 is 9.53 Å². The third-order valence-corrected chi connectivity index (χ3v) is 3.08. The van der Waals surface area contributed by atoms with Gasteiger partial charge in [-0.3, -0.25) is 4.79 Å². The number of amides is 1. The van der Waals surface area contributed by atoms with Crippen LogP contribution in [-0.4, -0.2) is 18.4 Å². The number of benzene rings is 2. The maximum absolute atomic E-state index is 11.6. The summed E-state index contributed by atoms with van der Waals surface area (Å²) >= 11 is 0. The molecule has 0 fully saturated rings. The molecule has 9 heteroatoms. The molecule has 0 spiro atoms. The van der Waals surface area contributed by atoms with E-state index in [1.807, 2.05) is 0 Å². The van der Waals surface area contributed by atoms with Crippen molar-refractivity contribution >= 4 is 48.1 Å². The van der Waals surface area contributed by atoms with Gasteiger partial charge in [0.05, 0.1) is 5.69 Å². The van der Waals surface area contributed by atoms with Gasteiger partial charge in [0.2, 0.25) is 5.91 Å². The number of aliphatic imine (C=N–C) groups is 1. The first-order chi connectivity index (χ1) is 11.6. The molecule has 2 aromatic carbocycles. The summed E-state index contributed by atoms with van der Waals surface area (Å²) in [6, 6.07) is 14.2. The second-order valence-electron chi connectivity index (χ2n) is 5.10. The van der Waals surface area contributed by atoms with Gasteiger partial charge in [-0.15, -0.1) is 24.8 Å². The minimum absolute atomic E-state index is 0. The van der Waals surface area contributed by atoms with Gasteiger partial charge >= 0.3 is 0 Å². The third kappa shape index (κ3) is 8.06. The highest BCUT2D eigenvalue weighted by Crippen LogP contribution is 2.25. The van der Waals surface area contributed by atoms with Crippen LogP contribution in [0.15, 0.2) is 53.5 Å². The Kier molecular flexibility index (Phi) is 10.8. The molecule has 0 unspecified atom stereocenters. The van der Waals surface area contributed by atoms with Gasteiger partial charge in [0, 0.05) is 12.1 Å². The van der Waals surface area contributed by atoms with Gasteiger partial charge in [-0.05, 0) is 61.5 Å². The number of hydrogen-bond acceptors (Lipinski definition) is 4. The number of anilines is 1. The topological polar surface area (TPSA) is 129 Å². The first kappa shape index (κ1) is 23.5. The van der Waals surface area contributed by atoms with Crippen LogP contribution in [0, 0.1) is 0 Å². The van der Waals surface area contributed by atoms with Crippen molar-refractivity contribution in [1.82, 2.24) is 0 Å². The molecule has 7 N–H and O–H groups in total. The van der Waals surface area contributed by atoms with Crippen molar-refractivity contribution in [2.45, 2.75) is 12.8 Å². The van der Waals surface area contributed by atoms with E-state index in [1.54, 1.807) is 48.5 Å². The Morgan fingerprint density at radius 3 is 2.00 bits per heavy atom. The molecule has 142 valence electrons. The fourth-order valence-electron chi connectivity index (χ4n) is 1.97. The minimum atomic E-state index is -0.0514. The number of nitrogens with two attached hydrogens (primary N) is 3. The second-order valence-corrected chi connectivity index (χ2v) is 5.10. The molecular weight excluding hydrogens is 377 g/mol. The van der Waals surface area contributed by atoms with Crippen LogP contribution in [0.3, 0.4) is 0 Å². The summed E-state index contributed by atoms with van der Waals surface area (Å²) in [4.78, 5) is 15.6. The maximum Gasteiger partial charge on any atom is 0.224 e. The SMILES string of the molecule is Cl.Cl.NCCCC(=O)Nc1ccc(Oc2ccc(N=C(N)N)cc2)cc1. The number of guanidine groups is 1. The zero-order chi connectivity index (χ0) is 17.4. The number of rotatable bonds is 7. The first-order valence-electron chi connectivity index (χ1n) is 7.54. The molecular formula is C17H23Cl2N5O2. The summed E-state index contributed by atoms with van der Waals surface area (Å²) < 4.78 is 5.72. The number of hydrogen-bond donors (Lipinski definition) is 4. The van der Waals surface area contributed by atoms with Crippen molar-refractivity contribution in [1.29, 1.82) is 0 Å². The van der Waals surface area contributed by atoms with Gasteiger partial charge in [-0.25, -0.2) is 4.99 Å². The summed E-state index contributed by atoms with van der Waals surface area (Å²) in [5, 5.41) is 2.80. The largest absolute Gasteiger partial charge is 0.457 e. The number of nitrogens with zero attached hydrogens (tertiary/aromatic N) is 1. The van der Waals surface area contributed by atoms with Crippen LogP contribution >= 0.6 is 24.8 Å². The number of ether oxygens (including phenoxy) is 1. The van der Waals surface area contributed by atoms with E-state index in [1.165, 1.54) is 0 Å². The fraction of sp³-hybridized carbons (Fsp3) is 0.176. The molecule has 26 heavy (non-hydrogen) atoms. The average Bonchev–Trinajstić information content (AvgIpc) is 2.56. The van der Waals surface area contributed by atoms with Crippen molar-refractivity contribution in [3.63, 3.8) is 0 Å². The van der Waals surface area contributed by atoms with Crippen molar-refractivity contribution in [2.24, 2.45) is 22.2 Å². The van der Waals surface area contributed by atoms with Crippen LogP contribution in [0.1, 0.15) is 12.8 Å². The van der Waals surface area contributed by atoms with Crippen LogP contribution in [0.5, 0.6) is 11.5 Å². The van der Waals surface area contributed by atoms with E-state index in [9.17, 15) is 4.79 Å². The Morgan fingerprint density at radius 1 is 0.962 bits per heavy atom. The summed E-state index contributed by atoms with van der Waals surface area (Å²) in [6.45, 7) is 0.502. The van der Waals surface area contributed by atoms with E-state index >= 15 is 0 Å². The summed E-state index contributed by atoms with van der Waals surface area (Å²) in [5.41, 5.74) is 17.4. The highest BCUT2D eigenvalue weighted by atomic mass is 35.5. The van der Waals surface area contributed by atoms with E-state index in [2.05, 4.69) is 10.3 Å². The zero-order valence-electron chi connectivity index (χ0n) is 14.1. The zero-order valence-corrected chi connectivity index (χ0v) is 15.7. The highest BCUT2D eigenvalue weighted by Gasteiger charge is 2.03. The molecule has 0 saturated carbocycles. The molecule has 7 nitrogen and oxygen atoms in total. The van der Waals surface area contributed by atoms with E-state index in [0.29, 0.717) is 42.3 Å². The number of halogens is 2. The van der Waals surface area contributed by atoms with Gasteiger partial charge < -0.3 is 27.3 Å². The van der Waals surface area contributed by atoms with Crippen LogP contribution in [0.25, 0.3) is 0 Å². The number of carbonyl (C=O) groups is 1. The normalized spacial score (nSPS) is 9.27. The molecule has 0 radical (unpaired) electrons. The molecule has 2 rings (SSSR count). The molecule has 0 atom stereocenters. The van der Waals surface area contributed by atoms with Gasteiger partial charge in [0.15, 0.2) is 5.96 Å². The number of nitrogens with one attached hydrogen (secondary N) is 1. The van der Waals surface area contributed by atoms with Crippen LogP contribution in [0.2, 0.25) is 0 Å². The molecule has 2 aromatic rings. The molecule has 0 saturated heterocycles. The lowest BCUT2D eigenvalue weighted by Gasteiger charge is -2.08. The van der Waals surface area contributed by atoms with Gasteiger partial charge in [-0.2, -0.15) is 0 Å². The molecule has 0 bridgehead atoms. The Labute approximate surface area is 164 Å².